The summed E-state index contributed by atoms with van der Waals surface area (Å²) in [6, 6.07) is 7.14. The molecule has 0 aliphatic rings. The zero-order chi connectivity index (χ0) is 13.1. The van der Waals surface area contributed by atoms with Crippen molar-refractivity contribution < 1.29 is 8.42 Å². The number of hydrogen-bond donors (Lipinski definition) is 2. The third kappa shape index (κ3) is 4.36. The second-order valence-electron chi connectivity index (χ2n) is 4.53. The molecule has 2 unspecified atom stereocenters. The van der Waals surface area contributed by atoms with Crippen LogP contribution in [-0.2, 0) is 9.84 Å². The predicted molar refractivity (Wildman–Crippen MR) is 70.9 cm³/mol. The average molecular weight is 256 g/mol. The molecular formula is C12H20N2O2S. The van der Waals surface area contributed by atoms with E-state index in [1.54, 1.807) is 18.2 Å². The molecule has 0 amide bonds. The monoisotopic (exact) mass is 256 g/mol. The van der Waals surface area contributed by atoms with Gasteiger partial charge in [-0.05, 0) is 32.4 Å². The first-order chi connectivity index (χ1) is 7.80. The zero-order valence-corrected chi connectivity index (χ0v) is 11.3. The van der Waals surface area contributed by atoms with Gasteiger partial charge < -0.3 is 11.1 Å². The first-order valence-corrected chi connectivity index (χ1v) is 7.51. The molecule has 1 aromatic carbocycles. The van der Waals surface area contributed by atoms with E-state index in [1.807, 2.05) is 19.9 Å². The average Bonchev–Trinajstić information content (AvgIpc) is 2.15. The largest absolute Gasteiger partial charge is 0.381 e. The van der Waals surface area contributed by atoms with E-state index >= 15 is 0 Å². The smallest absolute Gasteiger partial charge is 0.177 e. The summed E-state index contributed by atoms with van der Waals surface area (Å²) in [5.74, 6) is 0. The molecule has 2 atom stereocenters. The van der Waals surface area contributed by atoms with E-state index in [4.69, 9.17) is 5.73 Å². The lowest BCUT2D eigenvalue weighted by atomic mass is 10.1. The van der Waals surface area contributed by atoms with Crippen LogP contribution in [0.25, 0.3) is 0 Å². The minimum absolute atomic E-state index is 0.0860. The SMILES string of the molecule is CC(N)CC(C)Nc1ccccc1S(C)(=O)=O. The molecule has 1 rings (SSSR count). The molecule has 4 nitrogen and oxygen atoms in total. The number of anilines is 1. The van der Waals surface area contributed by atoms with Gasteiger partial charge >= 0.3 is 0 Å². The van der Waals surface area contributed by atoms with Gasteiger partial charge in [0.1, 0.15) is 0 Å². The molecule has 0 aliphatic heterocycles. The Hall–Kier alpha value is -1.07. The molecule has 0 aliphatic carbocycles. The van der Waals surface area contributed by atoms with E-state index in [-0.39, 0.29) is 12.1 Å². The van der Waals surface area contributed by atoms with Crippen LogP contribution in [0, 0.1) is 0 Å². The highest BCUT2D eigenvalue weighted by Crippen LogP contribution is 2.21. The first kappa shape index (κ1) is 14.0. The van der Waals surface area contributed by atoms with E-state index in [0.717, 1.165) is 6.42 Å². The van der Waals surface area contributed by atoms with Crippen molar-refractivity contribution in [2.24, 2.45) is 5.73 Å². The van der Waals surface area contributed by atoms with Crippen LogP contribution in [-0.4, -0.2) is 26.8 Å². The fraction of sp³-hybridized carbons (Fsp3) is 0.500. The van der Waals surface area contributed by atoms with Crippen molar-refractivity contribution in [2.75, 3.05) is 11.6 Å². The third-order valence-electron chi connectivity index (χ3n) is 2.41. The molecule has 0 fully saturated rings. The Kier molecular flexibility index (Phi) is 4.54. The fourth-order valence-corrected chi connectivity index (χ4v) is 2.64. The van der Waals surface area contributed by atoms with Gasteiger partial charge in [0.2, 0.25) is 0 Å². The standard InChI is InChI=1S/C12H20N2O2S/c1-9(13)8-10(2)14-11-6-4-5-7-12(11)17(3,15)16/h4-7,9-10,14H,8,13H2,1-3H3. The number of nitrogens with one attached hydrogen (secondary N) is 1. The lowest BCUT2D eigenvalue weighted by Crippen LogP contribution is -2.26. The molecule has 96 valence electrons. The molecule has 0 heterocycles. The summed E-state index contributed by atoms with van der Waals surface area (Å²) in [4.78, 5) is 0.330. The van der Waals surface area contributed by atoms with E-state index in [1.165, 1.54) is 6.26 Å². The van der Waals surface area contributed by atoms with Crippen LogP contribution < -0.4 is 11.1 Å². The number of rotatable bonds is 5. The highest BCUT2D eigenvalue weighted by Gasteiger charge is 2.14. The van der Waals surface area contributed by atoms with Crippen LogP contribution in [0.3, 0.4) is 0 Å². The van der Waals surface area contributed by atoms with Gasteiger partial charge in [0.05, 0.1) is 10.6 Å². The summed E-state index contributed by atoms with van der Waals surface area (Å²) in [5.41, 5.74) is 6.35. The molecule has 0 saturated heterocycles. The minimum Gasteiger partial charge on any atom is -0.381 e. The summed E-state index contributed by atoms with van der Waals surface area (Å²) in [7, 11) is -3.20. The third-order valence-corrected chi connectivity index (χ3v) is 3.57. The van der Waals surface area contributed by atoms with E-state index in [9.17, 15) is 8.42 Å². The Labute approximate surface area is 103 Å². The second-order valence-corrected chi connectivity index (χ2v) is 6.51. The lowest BCUT2D eigenvalue weighted by molar-refractivity contribution is 0.597. The van der Waals surface area contributed by atoms with E-state index in [2.05, 4.69) is 5.32 Å². The fourth-order valence-electron chi connectivity index (χ4n) is 1.79. The Morgan fingerprint density at radius 1 is 1.29 bits per heavy atom. The first-order valence-electron chi connectivity index (χ1n) is 5.62. The topological polar surface area (TPSA) is 72.2 Å². The molecule has 0 bridgehead atoms. The van der Waals surface area contributed by atoms with Gasteiger partial charge in [-0.25, -0.2) is 8.42 Å². The molecule has 3 N–H and O–H groups in total. The number of nitrogens with two attached hydrogens (primary N) is 1. The maximum atomic E-state index is 11.6. The van der Waals surface area contributed by atoms with Gasteiger partial charge in [0.25, 0.3) is 0 Å². The highest BCUT2D eigenvalue weighted by atomic mass is 32.2. The Balaban J connectivity index is 2.92. The zero-order valence-electron chi connectivity index (χ0n) is 10.5. The van der Waals surface area contributed by atoms with Crippen LogP contribution >= 0.6 is 0 Å². The summed E-state index contributed by atoms with van der Waals surface area (Å²) < 4.78 is 23.2. The Morgan fingerprint density at radius 2 is 1.88 bits per heavy atom. The predicted octanol–water partition coefficient (Wildman–Crippen LogP) is 1.63. The Morgan fingerprint density at radius 3 is 2.41 bits per heavy atom. The summed E-state index contributed by atoms with van der Waals surface area (Å²) >= 11 is 0. The molecule has 5 heteroatoms. The van der Waals surface area contributed by atoms with Crippen molar-refractivity contribution in [3.63, 3.8) is 0 Å². The maximum absolute atomic E-state index is 11.6. The van der Waals surface area contributed by atoms with Gasteiger partial charge in [0, 0.05) is 18.3 Å². The molecular weight excluding hydrogens is 236 g/mol. The maximum Gasteiger partial charge on any atom is 0.177 e. The quantitative estimate of drug-likeness (QED) is 0.840. The van der Waals surface area contributed by atoms with Crippen molar-refractivity contribution in [2.45, 2.75) is 37.2 Å². The van der Waals surface area contributed by atoms with Crippen molar-refractivity contribution in [3.8, 4) is 0 Å². The molecule has 0 radical (unpaired) electrons. The summed E-state index contributed by atoms with van der Waals surface area (Å²) in [6.07, 6.45) is 2.00. The number of hydrogen-bond acceptors (Lipinski definition) is 4. The van der Waals surface area contributed by atoms with Gasteiger partial charge in [-0.15, -0.1) is 0 Å². The van der Waals surface area contributed by atoms with Gasteiger partial charge in [-0.3, -0.25) is 0 Å². The van der Waals surface area contributed by atoms with Crippen LogP contribution in [0.2, 0.25) is 0 Å². The molecule has 0 aromatic heterocycles. The van der Waals surface area contributed by atoms with Crippen LogP contribution in [0.5, 0.6) is 0 Å². The minimum atomic E-state index is -3.20. The van der Waals surface area contributed by atoms with Crippen LogP contribution in [0.4, 0.5) is 5.69 Å². The molecule has 0 saturated carbocycles. The van der Waals surface area contributed by atoms with Crippen LogP contribution in [0.1, 0.15) is 20.3 Å². The summed E-state index contributed by atoms with van der Waals surface area (Å²) in [5, 5.41) is 3.19. The van der Waals surface area contributed by atoms with Gasteiger partial charge in [-0.2, -0.15) is 0 Å². The normalized spacial score (nSPS) is 15.3. The van der Waals surface area contributed by atoms with E-state index < -0.39 is 9.84 Å². The second kappa shape index (κ2) is 5.51. The van der Waals surface area contributed by atoms with Crippen LogP contribution in [0.15, 0.2) is 29.2 Å². The summed E-state index contributed by atoms with van der Waals surface area (Å²) in [6.45, 7) is 3.92. The number of sulfone groups is 1. The molecule has 0 spiro atoms. The number of para-hydroxylation sites is 1. The van der Waals surface area contributed by atoms with Crippen molar-refractivity contribution in [1.29, 1.82) is 0 Å². The highest BCUT2D eigenvalue weighted by molar-refractivity contribution is 7.90. The van der Waals surface area contributed by atoms with Crippen molar-refractivity contribution >= 4 is 15.5 Å². The Bertz CT molecular complexity index is 469. The lowest BCUT2D eigenvalue weighted by Gasteiger charge is -2.19. The van der Waals surface area contributed by atoms with Gasteiger partial charge in [-0.1, -0.05) is 12.1 Å². The number of benzene rings is 1. The van der Waals surface area contributed by atoms with Crippen molar-refractivity contribution in [1.82, 2.24) is 0 Å². The molecule has 17 heavy (non-hydrogen) atoms. The van der Waals surface area contributed by atoms with E-state index in [0.29, 0.717) is 10.6 Å². The van der Waals surface area contributed by atoms with Gasteiger partial charge in [0.15, 0.2) is 9.84 Å². The van der Waals surface area contributed by atoms with Crippen molar-refractivity contribution in [3.05, 3.63) is 24.3 Å². The molecule has 1 aromatic rings.